The van der Waals surface area contributed by atoms with Crippen LogP contribution < -0.4 is 9.47 Å². The Balaban J connectivity index is 2.56. The van der Waals surface area contributed by atoms with Gasteiger partial charge < -0.3 is 14.6 Å². The van der Waals surface area contributed by atoms with Crippen molar-refractivity contribution in [3.8, 4) is 11.5 Å². The van der Waals surface area contributed by atoms with E-state index in [2.05, 4.69) is 0 Å². The zero-order valence-corrected chi connectivity index (χ0v) is 8.86. The number of aliphatic hydroxyl groups excluding tert-OH is 1. The second-order valence-corrected chi connectivity index (χ2v) is 3.49. The topological polar surface area (TPSA) is 38.7 Å². The van der Waals surface area contributed by atoms with E-state index >= 15 is 0 Å². The number of methoxy groups -OCH3 is 2. The van der Waals surface area contributed by atoms with E-state index in [4.69, 9.17) is 9.47 Å². The first-order chi connectivity index (χ1) is 7.26. The maximum atomic E-state index is 9.56. The number of hydrogen-bond acceptors (Lipinski definition) is 3. The Kier molecular flexibility index (Phi) is 2.64. The van der Waals surface area contributed by atoms with Crippen LogP contribution in [0.2, 0.25) is 0 Å². The number of fused-ring (bicyclic) bond motifs is 1. The number of hydrogen-bond donors (Lipinski definition) is 1. The molecule has 3 heteroatoms. The molecular weight excluding hydrogens is 192 g/mol. The maximum absolute atomic E-state index is 9.56. The van der Waals surface area contributed by atoms with Crippen LogP contribution >= 0.6 is 0 Å². The van der Waals surface area contributed by atoms with Crippen molar-refractivity contribution >= 4 is 6.08 Å². The van der Waals surface area contributed by atoms with Gasteiger partial charge in [-0.2, -0.15) is 0 Å². The highest BCUT2D eigenvalue weighted by atomic mass is 16.5. The minimum Gasteiger partial charge on any atom is -0.496 e. The van der Waals surface area contributed by atoms with E-state index in [-0.39, 0.29) is 0 Å². The van der Waals surface area contributed by atoms with Gasteiger partial charge in [-0.05, 0) is 12.1 Å². The van der Waals surface area contributed by atoms with E-state index in [0.29, 0.717) is 6.42 Å². The Labute approximate surface area is 88.9 Å². The summed E-state index contributed by atoms with van der Waals surface area (Å²) in [4.78, 5) is 0. The fourth-order valence-corrected chi connectivity index (χ4v) is 1.87. The van der Waals surface area contributed by atoms with Crippen LogP contribution in [0.1, 0.15) is 11.1 Å². The van der Waals surface area contributed by atoms with Crippen molar-refractivity contribution in [3.63, 3.8) is 0 Å². The van der Waals surface area contributed by atoms with Gasteiger partial charge in [0.05, 0.1) is 20.3 Å². The summed E-state index contributed by atoms with van der Waals surface area (Å²) < 4.78 is 10.5. The second kappa shape index (κ2) is 3.95. The van der Waals surface area contributed by atoms with Crippen molar-refractivity contribution in [1.82, 2.24) is 0 Å². The van der Waals surface area contributed by atoms with Crippen molar-refractivity contribution < 1.29 is 14.6 Å². The number of rotatable bonds is 2. The highest BCUT2D eigenvalue weighted by Crippen LogP contribution is 2.34. The van der Waals surface area contributed by atoms with Crippen LogP contribution in [-0.4, -0.2) is 25.4 Å². The smallest absolute Gasteiger partial charge is 0.126 e. The fraction of sp³-hybridized carbons (Fsp3) is 0.333. The Morgan fingerprint density at radius 3 is 2.53 bits per heavy atom. The molecule has 0 heterocycles. The molecule has 1 N–H and O–H groups in total. The van der Waals surface area contributed by atoms with Crippen LogP contribution in [-0.2, 0) is 6.42 Å². The Bertz CT molecular complexity index is 396. The first-order valence-corrected chi connectivity index (χ1v) is 4.86. The molecule has 0 saturated heterocycles. The minimum absolute atomic E-state index is 0.432. The van der Waals surface area contributed by atoms with Gasteiger partial charge in [0.25, 0.3) is 0 Å². The molecule has 0 aliphatic heterocycles. The van der Waals surface area contributed by atoms with Crippen LogP contribution in [0.5, 0.6) is 11.5 Å². The predicted molar refractivity (Wildman–Crippen MR) is 58.3 cm³/mol. The number of benzene rings is 1. The fourth-order valence-electron chi connectivity index (χ4n) is 1.87. The number of aliphatic hydroxyl groups is 1. The van der Waals surface area contributed by atoms with E-state index in [0.717, 1.165) is 22.6 Å². The third-order valence-electron chi connectivity index (χ3n) is 2.61. The predicted octanol–water partition coefficient (Wildman–Crippen LogP) is 1.63. The third-order valence-corrected chi connectivity index (χ3v) is 2.61. The molecule has 1 aromatic carbocycles. The lowest BCUT2D eigenvalue weighted by atomic mass is 9.94. The molecular formula is C12H14O3. The van der Waals surface area contributed by atoms with Gasteiger partial charge in [-0.15, -0.1) is 0 Å². The van der Waals surface area contributed by atoms with Gasteiger partial charge in [-0.3, -0.25) is 0 Å². The summed E-state index contributed by atoms with van der Waals surface area (Å²) in [6, 6.07) is 3.74. The molecule has 3 nitrogen and oxygen atoms in total. The van der Waals surface area contributed by atoms with Gasteiger partial charge in [0, 0.05) is 17.5 Å². The summed E-state index contributed by atoms with van der Waals surface area (Å²) in [6.07, 6.45) is 3.79. The van der Waals surface area contributed by atoms with E-state index in [1.165, 1.54) is 0 Å². The van der Waals surface area contributed by atoms with Gasteiger partial charge in [0.2, 0.25) is 0 Å². The third kappa shape index (κ3) is 1.70. The lowest BCUT2D eigenvalue weighted by Gasteiger charge is -2.20. The van der Waals surface area contributed by atoms with E-state index in [1.54, 1.807) is 20.3 Å². The van der Waals surface area contributed by atoms with Crippen molar-refractivity contribution in [1.29, 1.82) is 0 Å². The largest absolute Gasteiger partial charge is 0.496 e. The van der Waals surface area contributed by atoms with E-state index < -0.39 is 6.10 Å². The molecule has 1 aliphatic carbocycles. The highest BCUT2D eigenvalue weighted by molar-refractivity contribution is 5.67. The van der Waals surface area contributed by atoms with Crippen molar-refractivity contribution in [3.05, 3.63) is 29.3 Å². The summed E-state index contributed by atoms with van der Waals surface area (Å²) in [6.45, 7) is 0. The maximum Gasteiger partial charge on any atom is 0.126 e. The monoisotopic (exact) mass is 206 g/mol. The molecule has 0 bridgehead atoms. The van der Waals surface area contributed by atoms with Crippen LogP contribution in [0, 0.1) is 0 Å². The molecule has 0 spiro atoms. The summed E-state index contributed by atoms with van der Waals surface area (Å²) in [5, 5.41) is 9.56. The van der Waals surface area contributed by atoms with Gasteiger partial charge >= 0.3 is 0 Å². The number of ether oxygens (including phenoxy) is 2. The molecule has 0 fully saturated rings. The van der Waals surface area contributed by atoms with Crippen molar-refractivity contribution in [2.24, 2.45) is 0 Å². The van der Waals surface area contributed by atoms with Gasteiger partial charge in [-0.1, -0.05) is 12.2 Å². The van der Waals surface area contributed by atoms with E-state index in [9.17, 15) is 5.11 Å². The Hall–Kier alpha value is -1.48. The SMILES string of the molecule is COc1ccc(OC)c2c1C=C[C@H](O)C2. The zero-order valence-electron chi connectivity index (χ0n) is 8.86. The standard InChI is InChI=1S/C12H14O3/c1-14-11-5-6-12(15-2)10-7-8(13)3-4-9(10)11/h3-6,8,13H,7H2,1-2H3/t8-/m0/s1. The average molecular weight is 206 g/mol. The molecule has 15 heavy (non-hydrogen) atoms. The van der Waals surface area contributed by atoms with Crippen LogP contribution in [0.4, 0.5) is 0 Å². The summed E-state index contributed by atoms with van der Waals surface area (Å²) in [5.41, 5.74) is 2.01. The summed E-state index contributed by atoms with van der Waals surface area (Å²) in [7, 11) is 3.27. The molecule has 1 aromatic rings. The first kappa shape index (κ1) is 10.1. The molecule has 1 atom stereocenters. The zero-order chi connectivity index (χ0) is 10.8. The molecule has 0 aromatic heterocycles. The van der Waals surface area contributed by atoms with Crippen LogP contribution in [0.25, 0.3) is 6.08 Å². The lowest BCUT2D eigenvalue weighted by Crippen LogP contribution is -2.13. The van der Waals surface area contributed by atoms with Crippen molar-refractivity contribution in [2.75, 3.05) is 14.2 Å². The normalized spacial score (nSPS) is 18.5. The first-order valence-electron chi connectivity index (χ1n) is 4.86. The minimum atomic E-state index is -0.432. The quantitative estimate of drug-likeness (QED) is 0.799. The van der Waals surface area contributed by atoms with Gasteiger partial charge in [0.15, 0.2) is 0 Å². The molecule has 1 aliphatic rings. The molecule has 2 rings (SSSR count). The Morgan fingerprint density at radius 1 is 1.20 bits per heavy atom. The summed E-state index contributed by atoms with van der Waals surface area (Å²) >= 11 is 0. The molecule has 0 amide bonds. The van der Waals surface area contributed by atoms with Gasteiger partial charge in [-0.25, -0.2) is 0 Å². The van der Waals surface area contributed by atoms with Crippen LogP contribution in [0.3, 0.4) is 0 Å². The summed E-state index contributed by atoms with van der Waals surface area (Å²) in [5.74, 6) is 1.61. The molecule has 0 radical (unpaired) electrons. The second-order valence-electron chi connectivity index (χ2n) is 3.49. The molecule has 80 valence electrons. The molecule has 0 saturated carbocycles. The Morgan fingerprint density at radius 2 is 1.87 bits per heavy atom. The lowest BCUT2D eigenvalue weighted by molar-refractivity contribution is 0.221. The van der Waals surface area contributed by atoms with Crippen LogP contribution in [0.15, 0.2) is 18.2 Å². The molecule has 0 unspecified atom stereocenters. The van der Waals surface area contributed by atoms with Gasteiger partial charge in [0.1, 0.15) is 11.5 Å². The van der Waals surface area contributed by atoms with Crippen molar-refractivity contribution in [2.45, 2.75) is 12.5 Å². The average Bonchev–Trinajstić information content (AvgIpc) is 2.27. The van der Waals surface area contributed by atoms with E-state index in [1.807, 2.05) is 18.2 Å². The highest BCUT2D eigenvalue weighted by Gasteiger charge is 2.18.